The average Bonchev–Trinajstić information content (AvgIpc) is 3.56. The summed E-state index contributed by atoms with van der Waals surface area (Å²) < 4.78 is 8.93. The van der Waals surface area contributed by atoms with Gasteiger partial charge in [0.05, 0.1) is 9.40 Å². The lowest BCUT2D eigenvalue weighted by Crippen LogP contribution is -1.82. The van der Waals surface area contributed by atoms with E-state index < -0.39 is 0 Å². The molecule has 0 amide bonds. The molecule has 0 atom stereocenters. The summed E-state index contributed by atoms with van der Waals surface area (Å²) in [7, 11) is 0. The Hall–Kier alpha value is -3.54. The molecule has 0 N–H and O–H groups in total. The van der Waals surface area contributed by atoms with Crippen LogP contribution >= 0.6 is 22.7 Å². The summed E-state index contributed by atoms with van der Waals surface area (Å²) in [5.41, 5.74) is 6.54. The zero-order valence-electron chi connectivity index (χ0n) is 16.2. The molecule has 0 aliphatic rings. The molecule has 5 heterocycles. The quantitative estimate of drug-likeness (QED) is 0.276. The average molecular weight is 435 g/mol. The van der Waals surface area contributed by atoms with Crippen LogP contribution in [0, 0.1) is 0 Å². The summed E-state index contributed by atoms with van der Waals surface area (Å²) in [6.45, 7) is 0. The van der Waals surface area contributed by atoms with Crippen LogP contribution in [0.5, 0.6) is 0 Å². The maximum atomic E-state index is 6.57. The van der Waals surface area contributed by atoms with Crippen molar-refractivity contribution in [2.24, 2.45) is 0 Å². The topological polar surface area (TPSA) is 38.9 Å². The van der Waals surface area contributed by atoms with E-state index in [4.69, 9.17) is 4.42 Å². The molecule has 3 nitrogen and oxygen atoms in total. The normalized spacial score (nSPS) is 11.9. The van der Waals surface area contributed by atoms with Crippen molar-refractivity contribution in [2.75, 3.05) is 0 Å². The number of fused-ring (bicyclic) bond motifs is 7. The first kappa shape index (κ1) is 17.2. The summed E-state index contributed by atoms with van der Waals surface area (Å²) in [5, 5.41) is 8.98. The molecule has 31 heavy (non-hydrogen) atoms. The fourth-order valence-corrected chi connectivity index (χ4v) is 6.25. The van der Waals surface area contributed by atoms with Crippen molar-refractivity contribution >= 4 is 64.8 Å². The largest absolute Gasteiger partial charge is 0.453 e. The molecule has 146 valence electrons. The van der Waals surface area contributed by atoms with E-state index in [9.17, 15) is 0 Å². The smallest absolute Gasteiger partial charge is 0.153 e. The number of pyridine rings is 2. The first-order chi connectivity index (χ1) is 15.4. The maximum Gasteiger partial charge on any atom is 0.153 e. The van der Waals surface area contributed by atoms with E-state index in [0.29, 0.717) is 0 Å². The second-order valence-electron chi connectivity index (χ2n) is 7.51. The summed E-state index contributed by atoms with van der Waals surface area (Å²) in [6, 6.07) is 17.1. The molecule has 5 aromatic heterocycles. The van der Waals surface area contributed by atoms with Gasteiger partial charge >= 0.3 is 0 Å². The van der Waals surface area contributed by atoms with Gasteiger partial charge in [-0.1, -0.05) is 12.1 Å². The monoisotopic (exact) mass is 434 g/mol. The van der Waals surface area contributed by atoms with Crippen LogP contribution in [0.2, 0.25) is 0 Å². The zero-order chi connectivity index (χ0) is 20.4. The van der Waals surface area contributed by atoms with E-state index in [0.717, 1.165) is 33.1 Å². The van der Waals surface area contributed by atoms with Crippen molar-refractivity contribution in [1.82, 2.24) is 9.97 Å². The van der Waals surface area contributed by atoms with Crippen LogP contribution in [0.15, 0.2) is 88.5 Å². The minimum absolute atomic E-state index is 0.964. The van der Waals surface area contributed by atoms with Gasteiger partial charge in [0, 0.05) is 57.5 Å². The lowest BCUT2D eigenvalue weighted by molar-refractivity contribution is 0.677. The van der Waals surface area contributed by atoms with Gasteiger partial charge in [0.25, 0.3) is 0 Å². The second kappa shape index (κ2) is 6.48. The van der Waals surface area contributed by atoms with Crippen molar-refractivity contribution < 1.29 is 4.42 Å². The van der Waals surface area contributed by atoms with E-state index in [2.05, 4.69) is 57.1 Å². The summed E-state index contributed by atoms with van der Waals surface area (Å²) >= 11 is 3.46. The molecule has 0 fully saturated rings. The van der Waals surface area contributed by atoms with Crippen molar-refractivity contribution in [2.45, 2.75) is 0 Å². The van der Waals surface area contributed by atoms with Gasteiger partial charge in [-0.25, -0.2) is 0 Å². The standard InChI is InChI=1S/C26H14N2OS2/c1-3-15(13-27-7-1)19-11-21-22-12-20(16-4-2-8-28-14-16)18-6-10-31-26(18)24(22)29-23(21)25-17(19)5-9-30-25/h1-14H. The Kier molecular flexibility index (Phi) is 3.59. The fraction of sp³-hybridized carbons (Fsp3) is 0. The molecule has 0 aliphatic carbocycles. The summed E-state index contributed by atoms with van der Waals surface area (Å²) in [6.07, 6.45) is 7.49. The highest BCUT2D eigenvalue weighted by atomic mass is 32.1. The third-order valence-corrected chi connectivity index (χ3v) is 7.66. The number of nitrogens with zero attached hydrogens (tertiary/aromatic N) is 2. The van der Waals surface area contributed by atoms with Gasteiger partial charge < -0.3 is 4.42 Å². The van der Waals surface area contributed by atoms with Gasteiger partial charge in [0.2, 0.25) is 0 Å². The van der Waals surface area contributed by atoms with E-state index in [1.54, 1.807) is 22.7 Å². The van der Waals surface area contributed by atoms with Gasteiger partial charge in [-0.15, -0.1) is 22.7 Å². The number of furan rings is 1. The highest BCUT2D eigenvalue weighted by molar-refractivity contribution is 7.18. The minimum atomic E-state index is 0.964. The number of hydrogen-bond acceptors (Lipinski definition) is 5. The summed E-state index contributed by atoms with van der Waals surface area (Å²) in [5.74, 6) is 0. The lowest BCUT2D eigenvalue weighted by atomic mass is 9.98. The third-order valence-electron chi connectivity index (χ3n) is 5.83. The maximum absolute atomic E-state index is 6.57. The van der Waals surface area contributed by atoms with Crippen molar-refractivity contribution in [3.8, 4) is 22.3 Å². The Labute approximate surface area is 185 Å². The number of rotatable bonds is 2. The van der Waals surface area contributed by atoms with Crippen LogP contribution in [-0.4, -0.2) is 9.97 Å². The SMILES string of the molecule is c1cncc(-c2cc3c4cc(-c5cccnc5)c5ccsc5c4oc3c3sccc23)c1. The molecule has 0 spiro atoms. The minimum Gasteiger partial charge on any atom is -0.453 e. The van der Waals surface area contributed by atoms with Crippen molar-refractivity contribution in [3.63, 3.8) is 0 Å². The first-order valence-corrected chi connectivity index (χ1v) is 11.7. The van der Waals surface area contributed by atoms with Crippen LogP contribution in [0.25, 0.3) is 64.4 Å². The van der Waals surface area contributed by atoms with Gasteiger partial charge in [0.1, 0.15) is 0 Å². The molecule has 0 aliphatic heterocycles. The lowest BCUT2D eigenvalue weighted by Gasteiger charge is -2.05. The molecule has 0 bridgehead atoms. The molecular formula is C26H14N2OS2. The fourth-order valence-electron chi connectivity index (χ4n) is 4.44. The number of thiophene rings is 2. The molecule has 7 rings (SSSR count). The third kappa shape index (κ3) is 2.45. The Morgan fingerprint density at radius 3 is 1.58 bits per heavy atom. The molecule has 7 aromatic rings. The van der Waals surface area contributed by atoms with Gasteiger partial charge in [-0.3, -0.25) is 9.97 Å². The van der Waals surface area contributed by atoms with Gasteiger partial charge in [0.15, 0.2) is 11.2 Å². The van der Waals surface area contributed by atoms with Crippen LogP contribution in [0.3, 0.4) is 0 Å². The summed E-state index contributed by atoms with van der Waals surface area (Å²) in [4.78, 5) is 8.69. The van der Waals surface area contributed by atoms with Crippen LogP contribution in [0.4, 0.5) is 0 Å². The molecule has 0 unspecified atom stereocenters. The first-order valence-electron chi connectivity index (χ1n) is 9.96. The zero-order valence-corrected chi connectivity index (χ0v) is 17.8. The molecule has 0 saturated carbocycles. The van der Waals surface area contributed by atoms with E-state index in [-0.39, 0.29) is 0 Å². The highest BCUT2D eigenvalue weighted by Gasteiger charge is 2.20. The second-order valence-corrected chi connectivity index (χ2v) is 9.35. The predicted octanol–water partition coefficient (Wildman–Crippen LogP) is 8.14. The molecule has 5 heteroatoms. The number of aromatic nitrogens is 2. The van der Waals surface area contributed by atoms with E-state index in [1.807, 2.05) is 36.9 Å². The van der Waals surface area contributed by atoms with Crippen molar-refractivity contribution in [3.05, 3.63) is 84.1 Å². The molecule has 0 radical (unpaired) electrons. The number of hydrogen-bond donors (Lipinski definition) is 0. The van der Waals surface area contributed by atoms with Crippen molar-refractivity contribution in [1.29, 1.82) is 0 Å². The molecular weight excluding hydrogens is 420 g/mol. The Balaban J connectivity index is 1.66. The Morgan fingerprint density at radius 2 is 1.13 bits per heavy atom. The van der Waals surface area contributed by atoms with Gasteiger partial charge in [-0.05, 0) is 58.3 Å². The van der Waals surface area contributed by atoms with E-state index in [1.165, 1.54) is 31.3 Å². The number of benzene rings is 2. The predicted molar refractivity (Wildman–Crippen MR) is 131 cm³/mol. The highest BCUT2D eigenvalue weighted by Crippen LogP contribution is 2.46. The van der Waals surface area contributed by atoms with E-state index >= 15 is 0 Å². The Morgan fingerprint density at radius 1 is 0.613 bits per heavy atom. The van der Waals surface area contributed by atoms with Crippen LogP contribution in [-0.2, 0) is 0 Å². The molecule has 0 saturated heterocycles. The Bertz CT molecular complexity index is 1600. The van der Waals surface area contributed by atoms with Crippen LogP contribution < -0.4 is 0 Å². The molecule has 2 aromatic carbocycles. The van der Waals surface area contributed by atoms with Gasteiger partial charge in [-0.2, -0.15) is 0 Å². The van der Waals surface area contributed by atoms with Crippen LogP contribution in [0.1, 0.15) is 0 Å².